The zero-order valence-electron chi connectivity index (χ0n) is 13.5. The summed E-state index contributed by atoms with van der Waals surface area (Å²) >= 11 is 1.65. The lowest BCUT2D eigenvalue weighted by atomic mass is 10.1. The van der Waals surface area contributed by atoms with Crippen molar-refractivity contribution in [2.75, 3.05) is 6.54 Å². The predicted molar refractivity (Wildman–Crippen MR) is 91.1 cm³/mol. The minimum absolute atomic E-state index is 0.0722. The van der Waals surface area contributed by atoms with Crippen molar-refractivity contribution in [3.05, 3.63) is 39.1 Å². The maximum Gasteiger partial charge on any atom is 0.266 e. The maximum absolute atomic E-state index is 12.9. The Bertz CT molecular complexity index is 784. The number of rotatable bonds is 2. The topological polar surface area (TPSA) is 81.2 Å². The van der Waals surface area contributed by atoms with E-state index in [4.69, 9.17) is 5.73 Å². The van der Waals surface area contributed by atoms with Gasteiger partial charge in [-0.3, -0.25) is 9.59 Å². The van der Waals surface area contributed by atoms with Gasteiger partial charge in [-0.25, -0.2) is 4.98 Å². The molecular formula is C17H20N4O2S. The molecule has 6 nitrogen and oxygen atoms in total. The van der Waals surface area contributed by atoms with E-state index in [2.05, 4.69) is 11.1 Å². The maximum atomic E-state index is 12.9. The number of carbonyl (C=O) groups is 2. The molecule has 3 heterocycles. The Morgan fingerprint density at radius 2 is 2.00 bits per heavy atom. The van der Waals surface area contributed by atoms with Gasteiger partial charge in [0, 0.05) is 18.0 Å². The van der Waals surface area contributed by atoms with Crippen molar-refractivity contribution in [2.24, 2.45) is 5.73 Å². The minimum Gasteiger partial charge on any atom is -0.364 e. The highest BCUT2D eigenvalue weighted by atomic mass is 32.1. The summed E-state index contributed by atoms with van der Waals surface area (Å²) in [5.74, 6) is 0.319. The van der Waals surface area contributed by atoms with Gasteiger partial charge >= 0.3 is 0 Å². The molecule has 2 aromatic heterocycles. The Labute approximate surface area is 144 Å². The summed E-state index contributed by atoms with van der Waals surface area (Å²) in [6.07, 6.45) is 7.40. The van der Waals surface area contributed by atoms with Crippen LogP contribution in [0.15, 0.2) is 12.3 Å². The monoisotopic (exact) mass is 344 g/mol. The lowest BCUT2D eigenvalue weighted by molar-refractivity contribution is 0.0711. The van der Waals surface area contributed by atoms with E-state index >= 15 is 0 Å². The lowest BCUT2D eigenvalue weighted by Crippen LogP contribution is -2.39. The van der Waals surface area contributed by atoms with Crippen LogP contribution in [0.1, 0.15) is 55.7 Å². The average molecular weight is 344 g/mol. The molecule has 1 aliphatic heterocycles. The first-order valence-corrected chi connectivity index (χ1v) is 9.20. The molecule has 0 bridgehead atoms. The van der Waals surface area contributed by atoms with Gasteiger partial charge < -0.3 is 15.2 Å². The van der Waals surface area contributed by atoms with Gasteiger partial charge in [-0.05, 0) is 37.3 Å². The number of nitrogens with two attached hydrogens (primary N) is 1. The number of carbonyl (C=O) groups excluding carboxylic acids is 2. The van der Waals surface area contributed by atoms with Gasteiger partial charge in [-0.2, -0.15) is 0 Å². The number of primary amides is 1. The van der Waals surface area contributed by atoms with Crippen molar-refractivity contribution in [1.82, 2.24) is 14.5 Å². The van der Waals surface area contributed by atoms with Crippen LogP contribution in [0.3, 0.4) is 0 Å². The second-order valence-corrected chi connectivity index (χ2v) is 7.56. The highest BCUT2D eigenvalue weighted by molar-refractivity contribution is 7.14. The van der Waals surface area contributed by atoms with Crippen molar-refractivity contribution in [3.63, 3.8) is 0 Å². The number of aryl methyl sites for hydroxylation is 2. The van der Waals surface area contributed by atoms with E-state index in [-0.39, 0.29) is 5.91 Å². The minimum atomic E-state index is -0.476. The van der Waals surface area contributed by atoms with Crippen LogP contribution >= 0.6 is 11.3 Å². The highest BCUT2D eigenvalue weighted by Crippen LogP contribution is 2.30. The largest absolute Gasteiger partial charge is 0.364 e. The SMILES string of the molecule is NC(=O)c1cnc2n1CCN(C(=O)c1cc3c(s1)CCCCC3)C2. The van der Waals surface area contributed by atoms with Crippen molar-refractivity contribution in [2.45, 2.75) is 45.2 Å². The van der Waals surface area contributed by atoms with Gasteiger partial charge in [0.25, 0.3) is 11.8 Å². The summed E-state index contributed by atoms with van der Waals surface area (Å²) in [5.41, 5.74) is 7.13. The lowest BCUT2D eigenvalue weighted by Gasteiger charge is -2.28. The standard InChI is InChI=1S/C17H20N4O2S/c18-16(22)12-9-19-15-10-20(6-7-21(12)15)17(23)14-8-11-4-2-1-3-5-13(11)24-14/h8-9H,1-7,10H2,(H2,18,22). The number of fused-ring (bicyclic) bond motifs is 2. The second kappa shape index (κ2) is 6.05. The Kier molecular flexibility index (Phi) is 3.88. The molecule has 24 heavy (non-hydrogen) atoms. The summed E-state index contributed by atoms with van der Waals surface area (Å²) in [5, 5.41) is 0. The summed E-state index contributed by atoms with van der Waals surface area (Å²) in [4.78, 5) is 32.5. The molecule has 126 valence electrons. The molecule has 0 unspecified atom stereocenters. The van der Waals surface area contributed by atoms with Crippen LogP contribution in [0.2, 0.25) is 0 Å². The molecule has 2 aromatic rings. The first-order chi connectivity index (χ1) is 11.6. The number of imidazole rings is 1. The molecular weight excluding hydrogens is 324 g/mol. The average Bonchev–Trinajstić information content (AvgIpc) is 3.12. The molecule has 0 spiro atoms. The molecule has 0 radical (unpaired) electrons. The normalized spacial score (nSPS) is 17.1. The van der Waals surface area contributed by atoms with Gasteiger partial charge in [0.05, 0.1) is 17.6 Å². The van der Waals surface area contributed by atoms with Gasteiger partial charge in [-0.15, -0.1) is 11.3 Å². The van der Waals surface area contributed by atoms with Crippen LogP contribution in [-0.2, 0) is 25.9 Å². The highest BCUT2D eigenvalue weighted by Gasteiger charge is 2.27. The van der Waals surface area contributed by atoms with Gasteiger partial charge in [0.15, 0.2) is 0 Å². The molecule has 0 saturated carbocycles. The number of aromatic nitrogens is 2. The van der Waals surface area contributed by atoms with E-state index in [9.17, 15) is 9.59 Å². The second-order valence-electron chi connectivity index (χ2n) is 6.42. The molecule has 2 amide bonds. The van der Waals surface area contributed by atoms with Gasteiger partial charge in [0.1, 0.15) is 11.5 Å². The first-order valence-electron chi connectivity index (χ1n) is 8.38. The molecule has 1 aliphatic carbocycles. The molecule has 0 saturated heterocycles. The van der Waals surface area contributed by atoms with Crippen LogP contribution in [0, 0.1) is 0 Å². The zero-order valence-corrected chi connectivity index (χ0v) is 14.3. The fourth-order valence-electron chi connectivity index (χ4n) is 3.56. The fourth-order valence-corrected chi connectivity index (χ4v) is 4.78. The third-order valence-corrected chi connectivity index (χ3v) is 6.09. The Morgan fingerprint density at radius 1 is 1.17 bits per heavy atom. The number of hydrogen-bond donors (Lipinski definition) is 1. The smallest absolute Gasteiger partial charge is 0.266 e. The molecule has 7 heteroatoms. The summed E-state index contributed by atoms with van der Waals surface area (Å²) in [7, 11) is 0. The molecule has 2 N–H and O–H groups in total. The molecule has 0 atom stereocenters. The van der Waals surface area contributed by atoms with E-state index in [0.717, 1.165) is 23.5 Å². The van der Waals surface area contributed by atoms with E-state index in [0.29, 0.717) is 25.3 Å². The van der Waals surface area contributed by atoms with Crippen LogP contribution in [-0.4, -0.2) is 32.8 Å². The van der Waals surface area contributed by atoms with Crippen LogP contribution < -0.4 is 5.73 Å². The Hall–Kier alpha value is -2.15. The van der Waals surface area contributed by atoms with E-state index in [1.54, 1.807) is 11.3 Å². The first kappa shape index (κ1) is 15.4. The van der Waals surface area contributed by atoms with Crippen molar-refractivity contribution in [1.29, 1.82) is 0 Å². The number of hydrogen-bond acceptors (Lipinski definition) is 4. The Morgan fingerprint density at radius 3 is 2.83 bits per heavy atom. The number of nitrogens with zero attached hydrogens (tertiary/aromatic N) is 3. The molecule has 0 aromatic carbocycles. The van der Waals surface area contributed by atoms with Crippen molar-refractivity contribution in [3.8, 4) is 0 Å². The quantitative estimate of drug-likeness (QED) is 0.846. The molecule has 0 fully saturated rings. The fraction of sp³-hybridized carbons (Fsp3) is 0.471. The van der Waals surface area contributed by atoms with E-state index in [1.165, 1.54) is 35.9 Å². The predicted octanol–water partition coefficient (Wildman–Crippen LogP) is 1.97. The zero-order chi connectivity index (χ0) is 16.7. The van der Waals surface area contributed by atoms with Crippen LogP contribution in [0.25, 0.3) is 0 Å². The van der Waals surface area contributed by atoms with Crippen LogP contribution in [0.5, 0.6) is 0 Å². The molecule has 4 rings (SSSR count). The van der Waals surface area contributed by atoms with Gasteiger partial charge in [-0.1, -0.05) is 6.42 Å². The Balaban J connectivity index is 1.54. The van der Waals surface area contributed by atoms with Crippen LogP contribution in [0.4, 0.5) is 0 Å². The van der Waals surface area contributed by atoms with E-state index < -0.39 is 5.91 Å². The third-order valence-electron chi connectivity index (χ3n) is 4.86. The number of thiophene rings is 1. The van der Waals surface area contributed by atoms with Crippen molar-refractivity contribution < 1.29 is 9.59 Å². The third kappa shape index (κ3) is 2.62. The summed E-state index contributed by atoms with van der Waals surface area (Å²) < 4.78 is 1.82. The summed E-state index contributed by atoms with van der Waals surface area (Å²) in [6.45, 7) is 1.56. The van der Waals surface area contributed by atoms with Crippen molar-refractivity contribution >= 4 is 23.2 Å². The number of amides is 2. The van der Waals surface area contributed by atoms with E-state index in [1.807, 2.05) is 9.47 Å². The van der Waals surface area contributed by atoms with Gasteiger partial charge in [0.2, 0.25) is 0 Å². The summed E-state index contributed by atoms with van der Waals surface area (Å²) in [6, 6.07) is 2.09. The molecule has 2 aliphatic rings.